The van der Waals surface area contributed by atoms with Crippen molar-refractivity contribution in [2.45, 2.75) is 20.0 Å². The van der Waals surface area contributed by atoms with Crippen LogP contribution >= 0.6 is 22.9 Å². The lowest BCUT2D eigenvalue weighted by Crippen LogP contribution is -2.23. The molecule has 1 unspecified atom stereocenters. The van der Waals surface area contributed by atoms with E-state index in [0.717, 1.165) is 0 Å². The molecule has 1 atom stereocenters. The molecule has 0 aliphatic carbocycles. The number of hydrogen-bond donors (Lipinski definition) is 0. The first kappa shape index (κ1) is 14.0. The van der Waals surface area contributed by atoms with E-state index in [1.165, 1.54) is 29.5 Å². The van der Waals surface area contributed by atoms with Crippen molar-refractivity contribution in [2.24, 2.45) is 0 Å². The second-order valence-corrected chi connectivity index (χ2v) is 5.85. The second kappa shape index (κ2) is 5.72. The van der Waals surface area contributed by atoms with Gasteiger partial charge >= 0.3 is 0 Å². The van der Waals surface area contributed by atoms with Crippen molar-refractivity contribution in [3.05, 3.63) is 50.9 Å². The maximum absolute atomic E-state index is 13.0. The van der Waals surface area contributed by atoms with Crippen LogP contribution in [0.25, 0.3) is 0 Å². The first-order chi connectivity index (χ1) is 8.97. The minimum atomic E-state index is -0.640. The predicted molar refractivity (Wildman–Crippen MR) is 74.9 cm³/mol. The quantitative estimate of drug-likeness (QED) is 0.777. The van der Waals surface area contributed by atoms with E-state index in [1.807, 2.05) is 0 Å². The van der Waals surface area contributed by atoms with E-state index in [0.29, 0.717) is 20.5 Å². The number of hydrogen-bond acceptors (Lipinski definition) is 3. The molecule has 0 saturated heterocycles. The first-order valence-corrected chi connectivity index (χ1v) is 6.89. The van der Waals surface area contributed by atoms with Gasteiger partial charge in [0.2, 0.25) is 5.78 Å². The largest absolute Gasteiger partial charge is 0.482 e. The third-order valence-corrected chi connectivity index (χ3v) is 3.87. The van der Waals surface area contributed by atoms with E-state index in [-0.39, 0.29) is 11.6 Å². The molecule has 5 heteroatoms. The zero-order valence-electron chi connectivity index (χ0n) is 10.4. The molecule has 0 aliphatic heterocycles. The van der Waals surface area contributed by atoms with Crippen molar-refractivity contribution in [3.8, 4) is 5.75 Å². The molecule has 1 heterocycles. The van der Waals surface area contributed by atoms with Gasteiger partial charge in [0.1, 0.15) is 11.6 Å². The van der Waals surface area contributed by atoms with Crippen molar-refractivity contribution in [3.63, 3.8) is 0 Å². The molecule has 0 saturated carbocycles. The highest BCUT2D eigenvalue weighted by Crippen LogP contribution is 2.25. The Morgan fingerprint density at radius 1 is 1.37 bits per heavy atom. The molecule has 2 aromatic rings. The minimum absolute atomic E-state index is 0.138. The van der Waals surface area contributed by atoms with Gasteiger partial charge in [-0.3, -0.25) is 4.79 Å². The molecule has 0 N–H and O–H groups in total. The van der Waals surface area contributed by atoms with Gasteiger partial charge in [-0.15, -0.1) is 11.3 Å². The minimum Gasteiger partial charge on any atom is -0.482 e. The fourth-order valence-electron chi connectivity index (χ4n) is 1.64. The molecule has 19 heavy (non-hydrogen) atoms. The molecule has 0 amide bonds. The standard InChI is InChI=1S/C14H12ClFO2S/c1-8-7-10(16)3-4-11(8)18-9(2)14(17)12-5-6-13(15)19-12/h3-7,9H,1-2H3. The highest BCUT2D eigenvalue weighted by Gasteiger charge is 2.19. The fraction of sp³-hybridized carbons (Fsp3) is 0.214. The summed E-state index contributed by atoms with van der Waals surface area (Å²) in [6, 6.07) is 7.55. The Balaban J connectivity index is 2.12. The summed E-state index contributed by atoms with van der Waals surface area (Å²) in [6.07, 6.45) is -0.640. The van der Waals surface area contributed by atoms with E-state index in [1.54, 1.807) is 26.0 Å². The zero-order chi connectivity index (χ0) is 14.0. The monoisotopic (exact) mass is 298 g/mol. The first-order valence-electron chi connectivity index (χ1n) is 5.69. The van der Waals surface area contributed by atoms with Gasteiger partial charge in [-0.2, -0.15) is 0 Å². The summed E-state index contributed by atoms with van der Waals surface area (Å²) >= 11 is 7.01. The van der Waals surface area contributed by atoms with Crippen molar-refractivity contribution in [2.75, 3.05) is 0 Å². The van der Waals surface area contributed by atoms with Gasteiger partial charge in [0.25, 0.3) is 0 Å². The molecule has 0 fully saturated rings. The van der Waals surface area contributed by atoms with Crippen LogP contribution in [0.5, 0.6) is 5.75 Å². The number of ketones is 1. The molecule has 1 aromatic heterocycles. The van der Waals surface area contributed by atoms with E-state index in [4.69, 9.17) is 16.3 Å². The smallest absolute Gasteiger partial charge is 0.212 e. The van der Waals surface area contributed by atoms with Gasteiger partial charge in [-0.05, 0) is 49.7 Å². The SMILES string of the molecule is Cc1cc(F)ccc1OC(C)C(=O)c1ccc(Cl)s1. The number of benzene rings is 1. The number of ether oxygens (including phenoxy) is 1. The molecule has 2 nitrogen and oxygen atoms in total. The maximum Gasteiger partial charge on any atom is 0.212 e. The molecule has 0 bridgehead atoms. The maximum atomic E-state index is 13.0. The van der Waals surface area contributed by atoms with Gasteiger partial charge < -0.3 is 4.74 Å². The molecule has 2 rings (SSSR count). The van der Waals surface area contributed by atoms with Gasteiger partial charge in [-0.1, -0.05) is 11.6 Å². The van der Waals surface area contributed by atoms with E-state index < -0.39 is 6.10 Å². The molecule has 0 spiro atoms. The average molecular weight is 299 g/mol. The van der Waals surface area contributed by atoms with Crippen LogP contribution in [-0.4, -0.2) is 11.9 Å². The van der Waals surface area contributed by atoms with Crippen LogP contribution in [0.2, 0.25) is 4.34 Å². The van der Waals surface area contributed by atoms with Gasteiger partial charge in [0, 0.05) is 0 Å². The zero-order valence-corrected chi connectivity index (χ0v) is 12.0. The number of carbonyl (C=O) groups excluding carboxylic acids is 1. The van der Waals surface area contributed by atoms with Gasteiger partial charge in [-0.25, -0.2) is 4.39 Å². The number of halogens is 2. The summed E-state index contributed by atoms with van der Waals surface area (Å²) in [7, 11) is 0. The number of aryl methyl sites for hydroxylation is 1. The Hall–Kier alpha value is -1.39. The fourth-order valence-corrected chi connectivity index (χ4v) is 2.70. The van der Waals surface area contributed by atoms with E-state index in [9.17, 15) is 9.18 Å². The van der Waals surface area contributed by atoms with E-state index >= 15 is 0 Å². The van der Waals surface area contributed by atoms with Crippen LogP contribution in [-0.2, 0) is 0 Å². The van der Waals surface area contributed by atoms with Crippen molar-refractivity contribution in [1.82, 2.24) is 0 Å². The second-order valence-electron chi connectivity index (χ2n) is 4.14. The van der Waals surface area contributed by atoms with Gasteiger partial charge in [0.05, 0.1) is 9.21 Å². The number of carbonyl (C=O) groups is 1. The van der Waals surface area contributed by atoms with Crippen molar-refractivity contribution in [1.29, 1.82) is 0 Å². The van der Waals surface area contributed by atoms with E-state index in [2.05, 4.69) is 0 Å². The summed E-state index contributed by atoms with van der Waals surface area (Å²) in [5, 5.41) is 0. The lowest BCUT2D eigenvalue weighted by Gasteiger charge is -2.14. The molecular formula is C14H12ClFO2S. The molecule has 1 aromatic carbocycles. The van der Waals surface area contributed by atoms with Crippen LogP contribution in [0.1, 0.15) is 22.2 Å². The average Bonchev–Trinajstić information content (AvgIpc) is 2.78. The lowest BCUT2D eigenvalue weighted by atomic mass is 10.2. The van der Waals surface area contributed by atoms with Crippen LogP contribution in [0.15, 0.2) is 30.3 Å². The lowest BCUT2D eigenvalue weighted by molar-refractivity contribution is 0.0821. The summed E-state index contributed by atoms with van der Waals surface area (Å²) in [5.74, 6) is 0.0411. The molecular weight excluding hydrogens is 287 g/mol. The van der Waals surface area contributed by atoms with Gasteiger partial charge in [0.15, 0.2) is 6.10 Å². The van der Waals surface area contributed by atoms with Crippen LogP contribution in [0.3, 0.4) is 0 Å². The highest BCUT2D eigenvalue weighted by atomic mass is 35.5. The summed E-state index contributed by atoms with van der Waals surface area (Å²) in [5.41, 5.74) is 0.656. The number of Topliss-reactive ketones (excluding diaryl/α,β-unsaturated/α-hetero) is 1. The Morgan fingerprint density at radius 3 is 2.68 bits per heavy atom. The summed E-state index contributed by atoms with van der Waals surface area (Å²) in [4.78, 5) is 12.6. The predicted octanol–water partition coefficient (Wildman–Crippen LogP) is 4.50. The number of rotatable bonds is 4. The Bertz CT molecular complexity index is 609. The highest BCUT2D eigenvalue weighted by molar-refractivity contribution is 7.18. The third kappa shape index (κ3) is 3.33. The Morgan fingerprint density at radius 2 is 2.11 bits per heavy atom. The molecule has 0 radical (unpaired) electrons. The van der Waals surface area contributed by atoms with Crippen molar-refractivity contribution < 1.29 is 13.9 Å². The number of thiophene rings is 1. The summed E-state index contributed by atoms with van der Waals surface area (Å²) < 4.78 is 19.1. The van der Waals surface area contributed by atoms with Crippen LogP contribution in [0.4, 0.5) is 4.39 Å². The Kier molecular flexibility index (Phi) is 4.22. The molecule has 100 valence electrons. The third-order valence-electron chi connectivity index (χ3n) is 2.63. The molecule has 0 aliphatic rings. The topological polar surface area (TPSA) is 26.3 Å². The van der Waals surface area contributed by atoms with Crippen LogP contribution < -0.4 is 4.74 Å². The normalized spacial score (nSPS) is 12.2. The van der Waals surface area contributed by atoms with Crippen LogP contribution in [0, 0.1) is 12.7 Å². The Labute approximate surface area is 119 Å². The van der Waals surface area contributed by atoms with Crippen molar-refractivity contribution >= 4 is 28.7 Å². The summed E-state index contributed by atoms with van der Waals surface area (Å²) in [6.45, 7) is 3.40.